The van der Waals surface area contributed by atoms with Crippen LogP contribution >= 0.6 is 0 Å². The van der Waals surface area contributed by atoms with Crippen molar-refractivity contribution in [3.8, 4) is 0 Å². The third-order valence-corrected chi connectivity index (χ3v) is 3.52. The molecule has 0 bridgehead atoms. The Hall–Kier alpha value is -1.82. The van der Waals surface area contributed by atoms with Crippen LogP contribution in [-0.2, 0) is 9.47 Å². The first-order chi connectivity index (χ1) is 9.93. The van der Waals surface area contributed by atoms with Crippen molar-refractivity contribution in [2.45, 2.75) is 45.3 Å². The van der Waals surface area contributed by atoms with Gasteiger partial charge in [0.15, 0.2) is 0 Å². The number of anilines is 2. The van der Waals surface area contributed by atoms with E-state index in [0.717, 1.165) is 12.8 Å². The van der Waals surface area contributed by atoms with Gasteiger partial charge < -0.3 is 20.5 Å². The lowest BCUT2D eigenvalue weighted by Crippen LogP contribution is -2.40. The highest BCUT2D eigenvalue weighted by atomic mass is 16.5. The molecule has 0 saturated carbocycles. The minimum Gasteiger partial charge on any atom is -0.462 e. The van der Waals surface area contributed by atoms with E-state index < -0.39 is 5.97 Å². The van der Waals surface area contributed by atoms with Crippen LogP contribution in [0.4, 0.5) is 11.5 Å². The number of carbonyl (C=O) groups excluding carboxylic acids is 1. The van der Waals surface area contributed by atoms with E-state index in [1.807, 2.05) is 0 Å². The monoisotopic (exact) mass is 293 g/mol. The van der Waals surface area contributed by atoms with Crippen molar-refractivity contribution >= 4 is 17.5 Å². The van der Waals surface area contributed by atoms with Crippen LogP contribution in [0, 0.1) is 0 Å². The van der Waals surface area contributed by atoms with Crippen LogP contribution < -0.4 is 11.1 Å². The number of nitrogens with one attached hydrogen (secondary N) is 1. The van der Waals surface area contributed by atoms with Gasteiger partial charge in [-0.25, -0.2) is 9.78 Å². The zero-order valence-electron chi connectivity index (χ0n) is 12.8. The summed E-state index contributed by atoms with van der Waals surface area (Å²) in [5.74, 6) is 0.107. The molecule has 2 rings (SSSR count). The molecule has 116 valence electrons. The maximum atomic E-state index is 11.8. The number of ether oxygens (including phenoxy) is 2. The van der Waals surface area contributed by atoms with Crippen molar-refractivity contribution in [1.82, 2.24) is 4.98 Å². The average molecular weight is 293 g/mol. The van der Waals surface area contributed by atoms with E-state index in [1.165, 1.54) is 0 Å². The van der Waals surface area contributed by atoms with Gasteiger partial charge in [-0.05, 0) is 39.7 Å². The maximum absolute atomic E-state index is 11.8. The maximum Gasteiger partial charge on any atom is 0.340 e. The van der Waals surface area contributed by atoms with Crippen molar-refractivity contribution in [3.05, 3.63) is 17.8 Å². The van der Waals surface area contributed by atoms with Crippen LogP contribution in [0.3, 0.4) is 0 Å². The quantitative estimate of drug-likeness (QED) is 0.828. The highest BCUT2D eigenvalue weighted by Gasteiger charge is 2.29. The molecule has 6 heteroatoms. The number of esters is 1. The number of carbonyl (C=O) groups is 1. The minimum atomic E-state index is -0.423. The number of hydrogen-bond acceptors (Lipinski definition) is 6. The van der Waals surface area contributed by atoms with Crippen LogP contribution in [0.15, 0.2) is 12.3 Å². The molecule has 0 aliphatic carbocycles. The Morgan fingerprint density at radius 1 is 1.62 bits per heavy atom. The smallest absolute Gasteiger partial charge is 0.340 e. The summed E-state index contributed by atoms with van der Waals surface area (Å²) in [5, 5.41) is 3.32. The number of pyridine rings is 1. The second-order valence-electron chi connectivity index (χ2n) is 5.78. The van der Waals surface area contributed by atoms with Crippen molar-refractivity contribution in [3.63, 3.8) is 0 Å². The Morgan fingerprint density at radius 3 is 3.05 bits per heavy atom. The first-order valence-electron chi connectivity index (χ1n) is 7.25. The van der Waals surface area contributed by atoms with Gasteiger partial charge in [0.05, 0.1) is 23.5 Å². The number of aromatic nitrogens is 1. The van der Waals surface area contributed by atoms with E-state index in [2.05, 4.69) is 24.1 Å². The number of hydrogen-bond donors (Lipinski definition) is 2. The van der Waals surface area contributed by atoms with Gasteiger partial charge in [-0.15, -0.1) is 0 Å². The van der Waals surface area contributed by atoms with Crippen LogP contribution in [0.2, 0.25) is 0 Å². The van der Waals surface area contributed by atoms with E-state index in [4.69, 9.17) is 15.2 Å². The Kier molecular flexibility index (Phi) is 4.67. The molecule has 0 aromatic carbocycles. The molecule has 0 radical (unpaired) electrons. The summed E-state index contributed by atoms with van der Waals surface area (Å²) < 4.78 is 10.7. The SMILES string of the molecule is CCOC(=O)c1ccnc(NC2CCOC(C)(C)C2)c1N. The summed E-state index contributed by atoms with van der Waals surface area (Å²) in [7, 11) is 0. The van der Waals surface area contributed by atoms with E-state index in [1.54, 1.807) is 19.2 Å². The van der Waals surface area contributed by atoms with Gasteiger partial charge >= 0.3 is 5.97 Å². The summed E-state index contributed by atoms with van der Waals surface area (Å²) in [6, 6.07) is 1.80. The molecule has 1 aliphatic rings. The van der Waals surface area contributed by atoms with Crippen molar-refractivity contribution < 1.29 is 14.3 Å². The first kappa shape index (κ1) is 15.6. The highest BCUT2D eigenvalue weighted by molar-refractivity contribution is 5.97. The van der Waals surface area contributed by atoms with E-state index in [9.17, 15) is 4.79 Å². The fourth-order valence-corrected chi connectivity index (χ4v) is 2.52. The molecular formula is C15H23N3O3. The largest absolute Gasteiger partial charge is 0.462 e. The Labute approximate surface area is 125 Å². The van der Waals surface area contributed by atoms with Crippen molar-refractivity contribution in [1.29, 1.82) is 0 Å². The second-order valence-corrected chi connectivity index (χ2v) is 5.78. The molecule has 1 aromatic rings. The lowest BCUT2D eigenvalue weighted by molar-refractivity contribution is -0.0553. The number of nitrogens with zero attached hydrogens (tertiary/aromatic N) is 1. The summed E-state index contributed by atoms with van der Waals surface area (Å²) >= 11 is 0. The minimum absolute atomic E-state index is 0.163. The molecule has 1 atom stereocenters. The van der Waals surface area contributed by atoms with Gasteiger partial charge in [0.2, 0.25) is 0 Å². The summed E-state index contributed by atoms with van der Waals surface area (Å²) in [6.45, 7) is 6.90. The molecule has 0 amide bonds. The molecule has 1 unspecified atom stereocenters. The van der Waals surface area contributed by atoms with Gasteiger partial charge in [-0.2, -0.15) is 0 Å². The van der Waals surface area contributed by atoms with Crippen molar-refractivity contribution in [2.24, 2.45) is 0 Å². The van der Waals surface area contributed by atoms with E-state index in [-0.39, 0.29) is 11.6 Å². The molecular weight excluding hydrogens is 270 g/mol. The predicted molar refractivity (Wildman–Crippen MR) is 81.3 cm³/mol. The standard InChI is InChI=1S/C15H23N3O3/c1-4-20-14(19)11-5-7-17-13(12(11)16)18-10-6-8-21-15(2,3)9-10/h5,7,10H,4,6,8-9,16H2,1-3H3,(H,17,18). The third-order valence-electron chi connectivity index (χ3n) is 3.52. The first-order valence-corrected chi connectivity index (χ1v) is 7.25. The Balaban J connectivity index is 2.13. The zero-order valence-corrected chi connectivity index (χ0v) is 12.8. The molecule has 2 heterocycles. The molecule has 1 aromatic heterocycles. The third kappa shape index (κ3) is 3.85. The van der Waals surface area contributed by atoms with Gasteiger partial charge in [-0.3, -0.25) is 0 Å². The molecule has 21 heavy (non-hydrogen) atoms. The number of rotatable bonds is 4. The zero-order chi connectivity index (χ0) is 15.5. The van der Waals surface area contributed by atoms with Crippen LogP contribution in [0.5, 0.6) is 0 Å². The average Bonchev–Trinajstić information content (AvgIpc) is 2.40. The topological polar surface area (TPSA) is 86.5 Å². The van der Waals surface area contributed by atoms with E-state index >= 15 is 0 Å². The van der Waals surface area contributed by atoms with Gasteiger partial charge in [0.25, 0.3) is 0 Å². The van der Waals surface area contributed by atoms with Crippen LogP contribution in [0.25, 0.3) is 0 Å². The van der Waals surface area contributed by atoms with Crippen LogP contribution in [0.1, 0.15) is 44.0 Å². The van der Waals surface area contributed by atoms with Gasteiger partial charge in [0, 0.05) is 18.8 Å². The number of nitrogen functional groups attached to an aromatic ring is 1. The summed E-state index contributed by atoms with van der Waals surface area (Å²) in [5.41, 5.74) is 6.56. The van der Waals surface area contributed by atoms with Crippen molar-refractivity contribution in [2.75, 3.05) is 24.3 Å². The summed E-state index contributed by atoms with van der Waals surface area (Å²) in [4.78, 5) is 16.1. The molecule has 1 aliphatic heterocycles. The number of nitrogens with two attached hydrogens (primary N) is 1. The lowest BCUT2D eigenvalue weighted by Gasteiger charge is -2.36. The normalized spacial score (nSPS) is 20.8. The highest BCUT2D eigenvalue weighted by Crippen LogP contribution is 2.28. The summed E-state index contributed by atoms with van der Waals surface area (Å²) in [6.07, 6.45) is 3.31. The fourth-order valence-electron chi connectivity index (χ4n) is 2.52. The molecule has 1 fully saturated rings. The second kappa shape index (κ2) is 6.30. The van der Waals surface area contributed by atoms with E-state index in [0.29, 0.717) is 30.3 Å². The molecule has 3 N–H and O–H groups in total. The lowest BCUT2D eigenvalue weighted by atomic mass is 9.94. The molecule has 0 spiro atoms. The van der Waals surface area contributed by atoms with Gasteiger partial charge in [-0.1, -0.05) is 0 Å². The fraction of sp³-hybridized carbons (Fsp3) is 0.600. The van der Waals surface area contributed by atoms with Gasteiger partial charge in [0.1, 0.15) is 5.82 Å². The predicted octanol–water partition coefficient (Wildman–Crippen LogP) is 2.21. The Morgan fingerprint density at radius 2 is 2.38 bits per heavy atom. The molecule has 1 saturated heterocycles. The van der Waals surface area contributed by atoms with Crippen LogP contribution in [-0.4, -0.2) is 35.8 Å². The molecule has 6 nitrogen and oxygen atoms in total. The Bertz CT molecular complexity index is 517.